The third-order valence-electron chi connectivity index (χ3n) is 2.17. The summed E-state index contributed by atoms with van der Waals surface area (Å²) in [6, 6.07) is 4.44. The number of nitrogens with zero attached hydrogens (tertiary/aromatic N) is 4. The number of rotatable bonds is 3. The second kappa shape index (κ2) is 4.65. The molecule has 0 saturated heterocycles. The fourth-order valence-electron chi connectivity index (χ4n) is 1.38. The number of halogens is 1. The first-order valence-electron chi connectivity index (χ1n) is 4.86. The average molecular weight is 311 g/mol. The minimum Gasteiger partial charge on any atom is -0.358 e. The molecule has 0 radical (unpaired) electrons. The number of nitro groups is 1. The Kier molecular flexibility index (Phi) is 3.19. The first-order chi connectivity index (χ1) is 8.49. The Labute approximate surface area is 110 Å². The van der Waals surface area contributed by atoms with Crippen LogP contribution in [0.25, 0.3) is 5.82 Å². The van der Waals surface area contributed by atoms with Crippen molar-refractivity contribution in [2.24, 2.45) is 0 Å². The van der Waals surface area contributed by atoms with Crippen molar-refractivity contribution in [3.63, 3.8) is 0 Å². The first-order valence-corrected chi connectivity index (χ1v) is 5.65. The Morgan fingerprint density at radius 1 is 1.50 bits per heavy atom. The van der Waals surface area contributed by atoms with Crippen molar-refractivity contribution in [2.45, 2.75) is 6.92 Å². The fourth-order valence-corrected chi connectivity index (χ4v) is 1.61. The quantitative estimate of drug-likeness (QED) is 0.492. The SMILES string of the molecule is CC(=O)c1cc([N+](=O)[O-])nn1-c1ccc(Br)cn1. The van der Waals surface area contributed by atoms with Gasteiger partial charge in [-0.15, -0.1) is 4.68 Å². The molecular formula is C10H7BrN4O3. The molecule has 92 valence electrons. The van der Waals surface area contributed by atoms with Crippen LogP contribution in [-0.4, -0.2) is 25.5 Å². The van der Waals surface area contributed by atoms with Crippen LogP contribution < -0.4 is 0 Å². The third-order valence-corrected chi connectivity index (χ3v) is 2.64. The largest absolute Gasteiger partial charge is 0.391 e. The molecule has 8 heteroatoms. The second-order valence-corrected chi connectivity index (χ2v) is 4.36. The van der Waals surface area contributed by atoms with Gasteiger partial charge in [-0.1, -0.05) is 0 Å². The molecule has 0 atom stereocenters. The molecule has 2 aromatic heterocycles. The Morgan fingerprint density at radius 3 is 2.72 bits per heavy atom. The minimum atomic E-state index is -0.651. The van der Waals surface area contributed by atoms with Crippen LogP contribution in [0.1, 0.15) is 17.4 Å². The summed E-state index contributed by atoms with van der Waals surface area (Å²) in [5.41, 5.74) is 0.122. The Hall–Kier alpha value is -2.09. The number of carbonyl (C=O) groups is 1. The summed E-state index contributed by atoms with van der Waals surface area (Å²) in [6.07, 6.45) is 1.52. The van der Waals surface area contributed by atoms with Gasteiger partial charge in [-0.25, -0.2) is 4.98 Å². The number of aromatic nitrogens is 3. The van der Waals surface area contributed by atoms with E-state index in [1.54, 1.807) is 12.1 Å². The van der Waals surface area contributed by atoms with E-state index >= 15 is 0 Å². The molecule has 0 aliphatic heterocycles. The minimum absolute atomic E-state index is 0.122. The molecule has 2 aromatic rings. The van der Waals surface area contributed by atoms with Crippen LogP contribution in [0.2, 0.25) is 0 Å². The van der Waals surface area contributed by atoms with E-state index in [2.05, 4.69) is 26.0 Å². The summed E-state index contributed by atoms with van der Waals surface area (Å²) in [7, 11) is 0. The van der Waals surface area contributed by atoms with Gasteiger partial charge in [0.2, 0.25) is 0 Å². The summed E-state index contributed by atoms with van der Waals surface area (Å²) >= 11 is 3.23. The third kappa shape index (κ3) is 2.28. The lowest BCUT2D eigenvalue weighted by molar-refractivity contribution is -0.389. The predicted octanol–water partition coefficient (Wildman–Crippen LogP) is 2.14. The Morgan fingerprint density at radius 2 is 2.22 bits per heavy atom. The van der Waals surface area contributed by atoms with Crippen molar-refractivity contribution in [2.75, 3.05) is 0 Å². The lowest BCUT2D eigenvalue weighted by Crippen LogP contribution is -2.07. The molecule has 2 rings (SSSR count). The van der Waals surface area contributed by atoms with Crippen LogP contribution >= 0.6 is 15.9 Å². The maximum absolute atomic E-state index is 11.4. The molecular weight excluding hydrogens is 304 g/mol. The smallest absolute Gasteiger partial charge is 0.358 e. The average Bonchev–Trinajstić information content (AvgIpc) is 2.75. The van der Waals surface area contributed by atoms with Gasteiger partial charge in [-0.05, 0) is 33.0 Å². The molecule has 0 aliphatic carbocycles. The fraction of sp³-hybridized carbons (Fsp3) is 0.100. The van der Waals surface area contributed by atoms with Gasteiger partial charge >= 0.3 is 5.82 Å². The van der Waals surface area contributed by atoms with E-state index in [1.807, 2.05) is 0 Å². The summed E-state index contributed by atoms with van der Waals surface area (Å²) in [4.78, 5) is 25.5. The van der Waals surface area contributed by atoms with Gasteiger partial charge < -0.3 is 10.1 Å². The normalized spacial score (nSPS) is 10.3. The van der Waals surface area contributed by atoms with E-state index in [9.17, 15) is 14.9 Å². The van der Waals surface area contributed by atoms with Gasteiger partial charge in [0.05, 0.1) is 11.2 Å². The van der Waals surface area contributed by atoms with Crippen molar-refractivity contribution in [1.29, 1.82) is 0 Å². The van der Waals surface area contributed by atoms with Crippen molar-refractivity contribution in [3.8, 4) is 5.82 Å². The highest BCUT2D eigenvalue weighted by Crippen LogP contribution is 2.17. The molecule has 2 heterocycles. The molecule has 0 bridgehead atoms. The Balaban J connectivity index is 2.58. The molecule has 0 spiro atoms. The van der Waals surface area contributed by atoms with Crippen molar-refractivity contribution >= 4 is 27.5 Å². The standard InChI is InChI=1S/C10H7BrN4O3/c1-6(16)8-4-10(15(17)18)13-14(8)9-3-2-7(11)5-12-9/h2-5H,1H3. The molecule has 0 aromatic carbocycles. The molecule has 0 unspecified atom stereocenters. The zero-order valence-electron chi connectivity index (χ0n) is 9.20. The van der Waals surface area contributed by atoms with Crippen molar-refractivity contribution < 1.29 is 9.72 Å². The number of hydrogen-bond donors (Lipinski definition) is 0. The summed E-state index contributed by atoms with van der Waals surface area (Å²) in [5.74, 6) is -0.360. The number of Topliss-reactive ketones (excluding diaryl/α,β-unsaturated/α-hetero) is 1. The Bertz CT molecular complexity index is 621. The van der Waals surface area contributed by atoms with Gasteiger partial charge in [0.15, 0.2) is 11.6 Å². The number of hydrogen-bond acceptors (Lipinski definition) is 5. The van der Waals surface area contributed by atoms with Crippen LogP contribution in [0.3, 0.4) is 0 Å². The van der Waals surface area contributed by atoms with Crippen molar-refractivity contribution in [1.82, 2.24) is 14.8 Å². The first kappa shape index (κ1) is 12.4. The second-order valence-electron chi connectivity index (χ2n) is 3.45. The zero-order valence-corrected chi connectivity index (χ0v) is 10.8. The van der Waals surface area contributed by atoms with Crippen LogP contribution in [0.15, 0.2) is 28.9 Å². The lowest BCUT2D eigenvalue weighted by atomic mass is 10.3. The van der Waals surface area contributed by atoms with E-state index < -0.39 is 4.92 Å². The summed E-state index contributed by atoms with van der Waals surface area (Å²) in [5, 5.41) is 14.4. The maximum atomic E-state index is 11.4. The van der Waals surface area contributed by atoms with Crippen LogP contribution in [0.5, 0.6) is 0 Å². The lowest BCUT2D eigenvalue weighted by Gasteiger charge is -1.99. The molecule has 0 N–H and O–H groups in total. The monoisotopic (exact) mass is 310 g/mol. The van der Waals surface area contributed by atoms with E-state index in [-0.39, 0.29) is 17.3 Å². The highest BCUT2D eigenvalue weighted by atomic mass is 79.9. The summed E-state index contributed by atoms with van der Waals surface area (Å²) in [6.45, 7) is 1.32. The van der Waals surface area contributed by atoms with E-state index in [0.29, 0.717) is 5.82 Å². The highest BCUT2D eigenvalue weighted by molar-refractivity contribution is 9.10. The van der Waals surface area contributed by atoms with Gasteiger partial charge in [-0.3, -0.25) is 4.79 Å². The van der Waals surface area contributed by atoms with E-state index in [0.717, 1.165) is 15.2 Å². The van der Waals surface area contributed by atoms with Crippen LogP contribution in [-0.2, 0) is 0 Å². The van der Waals surface area contributed by atoms with Crippen molar-refractivity contribution in [3.05, 3.63) is 44.7 Å². The number of carbonyl (C=O) groups excluding carboxylic acids is 1. The summed E-state index contributed by atoms with van der Waals surface area (Å²) < 4.78 is 1.92. The van der Waals surface area contributed by atoms with E-state index in [4.69, 9.17) is 0 Å². The van der Waals surface area contributed by atoms with Gasteiger partial charge in [-0.2, -0.15) is 0 Å². The van der Waals surface area contributed by atoms with Gasteiger partial charge in [0, 0.05) is 17.6 Å². The molecule has 7 nitrogen and oxygen atoms in total. The van der Waals surface area contributed by atoms with Crippen LogP contribution in [0.4, 0.5) is 5.82 Å². The topological polar surface area (TPSA) is 90.9 Å². The molecule has 0 fully saturated rings. The predicted molar refractivity (Wildman–Crippen MR) is 65.7 cm³/mol. The molecule has 0 saturated carbocycles. The van der Waals surface area contributed by atoms with Crippen LogP contribution in [0, 0.1) is 10.1 Å². The highest BCUT2D eigenvalue weighted by Gasteiger charge is 2.22. The zero-order chi connectivity index (χ0) is 13.3. The molecule has 0 amide bonds. The van der Waals surface area contributed by atoms with E-state index in [1.165, 1.54) is 13.1 Å². The molecule has 0 aliphatic rings. The number of pyridine rings is 1. The molecule has 18 heavy (non-hydrogen) atoms. The number of ketones is 1. The van der Waals surface area contributed by atoms with Gasteiger partial charge in [0.25, 0.3) is 0 Å². The maximum Gasteiger partial charge on any atom is 0.391 e. The van der Waals surface area contributed by atoms with Gasteiger partial charge in [0.1, 0.15) is 5.69 Å².